The van der Waals surface area contributed by atoms with Crippen LogP contribution in [0.4, 0.5) is 15.8 Å². The van der Waals surface area contributed by atoms with Gasteiger partial charge in [0.2, 0.25) is 9.84 Å². The van der Waals surface area contributed by atoms with Crippen molar-refractivity contribution in [3.05, 3.63) is 78.7 Å². The summed E-state index contributed by atoms with van der Waals surface area (Å²) in [6, 6.07) is 17.1. The smallest absolute Gasteiger partial charge is 0.210 e. The first-order valence-electron chi connectivity index (χ1n) is 9.31. The van der Waals surface area contributed by atoms with Gasteiger partial charge in [-0.3, -0.25) is 4.98 Å². The van der Waals surface area contributed by atoms with E-state index in [4.69, 9.17) is 9.47 Å². The number of nitrogens with one attached hydrogen (secondary N) is 1. The lowest BCUT2D eigenvalue weighted by Gasteiger charge is -2.16. The molecule has 0 saturated heterocycles. The Hall–Kier alpha value is -3.65. The summed E-state index contributed by atoms with van der Waals surface area (Å²) in [7, 11) is -0.899. The number of nitrogens with zero attached hydrogens (tertiary/aromatic N) is 1. The van der Waals surface area contributed by atoms with Gasteiger partial charge in [-0.05, 0) is 42.5 Å². The van der Waals surface area contributed by atoms with Gasteiger partial charge in [-0.15, -0.1) is 0 Å². The Morgan fingerprint density at radius 3 is 2.35 bits per heavy atom. The third kappa shape index (κ3) is 3.89. The maximum absolute atomic E-state index is 14.1. The van der Waals surface area contributed by atoms with Crippen molar-refractivity contribution in [1.29, 1.82) is 0 Å². The average Bonchev–Trinajstić information content (AvgIpc) is 2.79. The minimum Gasteiger partial charge on any atom is -0.493 e. The van der Waals surface area contributed by atoms with E-state index in [1.807, 2.05) is 0 Å². The van der Waals surface area contributed by atoms with E-state index >= 15 is 0 Å². The maximum atomic E-state index is 14.1. The lowest BCUT2D eigenvalue weighted by Crippen LogP contribution is -2.07. The second-order valence-electron chi connectivity index (χ2n) is 6.67. The van der Waals surface area contributed by atoms with Crippen molar-refractivity contribution < 1.29 is 22.3 Å². The molecule has 0 bridgehead atoms. The van der Waals surface area contributed by atoms with Crippen LogP contribution in [0.15, 0.2) is 82.7 Å². The van der Waals surface area contributed by atoms with Crippen LogP contribution < -0.4 is 14.8 Å². The third-order valence-corrected chi connectivity index (χ3v) is 6.57. The van der Waals surface area contributed by atoms with E-state index in [9.17, 15) is 12.8 Å². The molecule has 0 atom stereocenters. The van der Waals surface area contributed by atoms with Gasteiger partial charge in [0.1, 0.15) is 10.7 Å². The van der Waals surface area contributed by atoms with Crippen molar-refractivity contribution in [2.24, 2.45) is 0 Å². The van der Waals surface area contributed by atoms with Gasteiger partial charge in [-0.25, -0.2) is 12.8 Å². The highest BCUT2D eigenvalue weighted by atomic mass is 32.2. The first-order valence-corrected chi connectivity index (χ1v) is 10.8. The van der Waals surface area contributed by atoms with E-state index in [0.29, 0.717) is 28.1 Å². The highest BCUT2D eigenvalue weighted by Gasteiger charge is 2.24. The molecule has 8 heteroatoms. The lowest BCUT2D eigenvalue weighted by atomic mass is 10.1. The molecule has 1 heterocycles. The van der Waals surface area contributed by atoms with Gasteiger partial charge in [0.05, 0.1) is 30.3 Å². The molecule has 0 radical (unpaired) electrons. The van der Waals surface area contributed by atoms with Crippen LogP contribution in [0.1, 0.15) is 0 Å². The number of halogens is 1. The maximum Gasteiger partial charge on any atom is 0.210 e. The van der Waals surface area contributed by atoms with Crippen molar-refractivity contribution in [2.45, 2.75) is 9.79 Å². The van der Waals surface area contributed by atoms with Crippen molar-refractivity contribution in [2.75, 3.05) is 19.5 Å². The van der Waals surface area contributed by atoms with Gasteiger partial charge in [0, 0.05) is 23.3 Å². The largest absolute Gasteiger partial charge is 0.493 e. The number of pyridine rings is 1. The molecule has 1 N–H and O–H groups in total. The van der Waals surface area contributed by atoms with Crippen LogP contribution in [0.5, 0.6) is 11.5 Å². The van der Waals surface area contributed by atoms with Crippen LogP contribution in [0.3, 0.4) is 0 Å². The number of hydrogen-bond acceptors (Lipinski definition) is 6. The molecule has 4 aromatic rings. The quantitative estimate of drug-likeness (QED) is 0.458. The van der Waals surface area contributed by atoms with Crippen molar-refractivity contribution in [3.63, 3.8) is 0 Å². The molecule has 31 heavy (non-hydrogen) atoms. The molecule has 0 fully saturated rings. The van der Waals surface area contributed by atoms with Gasteiger partial charge in [-0.1, -0.05) is 18.2 Å². The summed E-state index contributed by atoms with van der Waals surface area (Å²) < 4.78 is 51.4. The van der Waals surface area contributed by atoms with Crippen molar-refractivity contribution in [3.8, 4) is 11.5 Å². The highest BCUT2D eigenvalue weighted by molar-refractivity contribution is 7.91. The zero-order valence-corrected chi connectivity index (χ0v) is 17.6. The fourth-order valence-corrected chi connectivity index (χ4v) is 4.65. The van der Waals surface area contributed by atoms with E-state index in [2.05, 4.69) is 10.3 Å². The van der Waals surface area contributed by atoms with Gasteiger partial charge in [-0.2, -0.15) is 0 Å². The number of ether oxygens (including phenoxy) is 2. The minimum absolute atomic E-state index is 0.0633. The molecule has 0 amide bonds. The highest BCUT2D eigenvalue weighted by Crippen LogP contribution is 2.37. The number of sulfone groups is 1. The molecule has 0 aliphatic carbocycles. The molecule has 0 aliphatic heterocycles. The SMILES string of the molecule is COc1ccc(Nc2c(S(=O)(=O)c3ccccc3)cnc3ccc(F)cc23)cc1OC. The minimum atomic E-state index is -3.93. The number of benzene rings is 3. The molecular weight excluding hydrogens is 419 g/mol. The lowest BCUT2D eigenvalue weighted by molar-refractivity contribution is 0.355. The fraction of sp³-hybridized carbons (Fsp3) is 0.0870. The summed E-state index contributed by atoms with van der Waals surface area (Å²) in [4.78, 5) is 4.30. The number of aromatic nitrogens is 1. The van der Waals surface area contributed by atoms with E-state index in [0.717, 1.165) is 0 Å². The normalized spacial score (nSPS) is 11.3. The van der Waals surface area contributed by atoms with Gasteiger partial charge in [0.15, 0.2) is 11.5 Å². The molecule has 0 unspecified atom stereocenters. The van der Waals surface area contributed by atoms with Crippen LogP contribution in [-0.4, -0.2) is 27.6 Å². The van der Waals surface area contributed by atoms with Crippen LogP contribution >= 0.6 is 0 Å². The Balaban J connectivity index is 1.94. The molecule has 0 aliphatic rings. The van der Waals surface area contributed by atoms with Crippen LogP contribution in [-0.2, 0) is 9.84 Å². The molecule has 3 aromatic carbocycles. The molecule has 158 valence electrons. The number of fused-ring (bicyclic) bond motifs is 1. The predicted molar refractivity (Wildman–Crippen MR) is 116 cm³/mol. The zero-order valence-electron chi connectivity index (χ0n) is 16.8. The first-order chi connectivity index (χ1) is 14.9. The van der Waals surface area contributed by atoms with Crippen molar-refractivity contribution >= 4 is 32.1 Å². The summed E-state index contributed by atoms with van der Waals surface area (Å²) in [6.45, 7) is 0. The zero-order chi connectivity index (χ0) is 22.0. The monoisotopic (exact) mass is 438 g/mol. The Kier molecular flexibility index (Phi) is 5.48. The first kappa shape index (κ1) is 20.6. The van der Waals surface area contributed by atoms with E-state index in [-0.39, 0.29) is 15.5 Å². The van der Waals surface area contributed by atoms with E-state index in [1.54, 1.807) is 36.4 Å². The molecule has 4 rings (SSSR count). The summed E-state index contributed by atoms with van der Waals surface area (Å²) in [5, 5.41) is 3.46. The van der Waals surface area contributed by atoms with Crippen LogP contribution in [0.25, 0.3) is 10.9 Å². The summed E-state index contributed by atoms with van der Waals surface area (Å²) in [6.07, 6.45) is 1.28. The molecule has 6 nitrogen and oxygen atoms in total. The van der Waals surface area contributed by atoms with E-state index < -0.39 is 15.7 Å². The van der Waals surface area contributed by atoms with Gasteiger partial charge < -0.3 is 14.8 Å². The topological polar surface area (TPSA) is 77.5 Å². The molecular formula is C23H19FN2O4S. The fourth-order valence-electron chi connectivity index (χ4n) is 3.26. The summed E-state index contributed by atoms with van der Waals surface area (Å²) in [5.41, 5.74) is 1.22. The second kappa shape index (κ2) is 8.23. The number of anilines is 2. The Labute approximate surface area is 179 Å². The molecule has 0 spiro atoms. The Morgan fingerprint density at radius 1 is 0.903 bits per heavy atom. The van der Waals surface area contributed by atoms with Crippen molar-refractivity contribution in [1.82, 2.24) is 4.98 Å². The number of rotatable bonds is 6. The molecule has 1 aromatic heterocycles. The second-order valence-corrected chi connectivity index (χ2v) is 8.59. The number of hydrogen-bond donors (Lipinski definition) is 1. The molecule has 0 saturated carbocycles. The number of methoxy groups -OCH3 is 2. The summed E-state index contributed by atoms with van der Waals surface area (Å²) in [5.74, 6) is 0.485. The summed E-state index contributed by atoms with van der Waals surface area (Å²) >= 11 is 0. The third-order valence-electron chi connectivity index (χ3n) is 4.79. The van der Waals surface area contributed by atoms with Crippen LogP contribution in [0.2, 0.25) is 0 Å². The standard InChI is InChI=1S/C23H19FN2O4S/c1-29-20-11-9-16(13-21(20)30-2)26-23-18-12-15(24)8-10-19(18)25-14-22(23)31(27,28)17-6-4-3-5-7-17/h3-14H,1-2H3,(H,25,26). The Bertz CT molecular complexity index is 1360. The predicted octanol–water partition coefficient (Wildman–Crippen LogP) is 4.97. The van der Waals surface area contributed by atoms with Gasteiger partial charge in [0.25, 0.3) is 0 Å². The van der Waals surface area contributed by atoms with E-state index in [1.165, 1.54) is 50.7 Å². The average molecular weight is 438 g/mol. The Morgan fingerprint density at radius 2 is 1.65 bits per heavy atom. The van der Waals surface area contributed by atoms with Gasteiger partial charge >= 0.3 is 0 Å². The van der Waals surface area contributed by atoms with Crippen LogP contribution in [0, 0.1) is 5.82 Å².